The Bertz CT molecular complexity index is 723. The summed E-state index contributed by atoms with van der Waals surface area (Å²) in [5.41, 5.74) is 1.92. The van der Waals surface area contributed by atoms with E-state index < -0.39 is 12.0 Å². The number of amides is 1. The van der Waals surface area contributed by atoms with Gasteiger partial charge in [0.25, 0.3) is 5.91 Å². The SMILES string of the molecule is CC[C@H](C)[C@H](NC(=O)c1sc2nccc(C)c2c1C)C(=O)O. The van der Waals surface area contributed by atoms with Gasteiger partial charge in [0.2, 0.25) is 0 Å². The van der Waals surface area contributed by atoms with Crippen molar-refractivity contribution in [3.05, 3.63) is 28.3 Å². The smallest absolute Gasteiger partial charge is 0.326 e. The van der Waals surface area contributed by atoms with Crippen molar-refractivity contribution in [2.75, 3.05) is 0 Å². The molecule has 2 aromatic rings. The Morgan fingerprint density at radius 3 is 2.64 bits per heavy atom. The first kappa shape index (κ1) is 16.4. The van der Waals surface area contributed by atoms with Crippen LogP contribution in [-0.2, 0) is 4.79 Å². The lowest BCUT2D eigenvalue weighted by Gasteiger charge is -2.19. The third-order valence-electron chi connectivity index (χ3n) is 4.01. The van der Waals surface area contributed by atoms with Crippen LogP contribution >= 0.6 is 11.3 Å². The van der Waals surface area contributed by atoms with Gasteiger partial charge in [-0.3, -0.25) is 4.79 Å². The fourth-order valence-corrected chi connectivity index (χ4v) is 3.59. The quantitative estimate of drug-likeness (QED) is 0.887. The van der Waals surface area contributed by atoms with Gasteiger partial charge in [0.15, 0.2) is 0 Å². The third kappa shape index (κ3) is 2.97. The number of nitrogens with zero attached hydrogens (tertiary/aromatic N) is 1. The van der Waals surface area contributed by atoms with Gasteiger partial charge in [-0.1, -0.05) is 20.3 Å². The zero-order chi connectivity index (χ0) is 16.4. The second-order valence-electron chi connectivity index (χ2n) is 5.54. The van der Waals surface area contributed by atoms with Crippen molar-refractivity contribution in [3.63, 3.8) is 0 Å². The number of pyridine rings is 1. The molecule has 0 radical (unpaired) electrons. The van der Waals surface area contributed by atoms with Gasteiger partial charge < -0.3 is 10.4 Å². The van der Waals surface area contributed by atoms with E-state index in [1.165, 1.54) is 11.3 Å². The molecule has 118 valence electrons. The van der Waals surface area contributed by atoms with Crippen LogP contribution in [-0.4, -0.2) is 28.0 Å². The van der Waals surface area contributed by atoms with Crippen molar-refractivity contribution < 1.29 is 14.7 Å². The molecule has 0 aromatic carbocycles. The minimum absolute atomic E-state index is 0.129. The maximum atomic E-state index is 12.5. The number of carbonyl (C=O) groups excluding carboxylic acids is 1. The summed E-state index contributed by atoms with van der Waals surface area (Å²) < 4.78 is 0. The summed E-state index contributed by atoms with van der Waals surface area (Å²) in [5, 5.41) is 12.9. The number of carbonyl (C=O) groups is 2. The lowest BCUT2D eigenvalue weighted by molar-refractivity contribution is -0.140. The summed E-state index contributed by atoms with van der Waals surface area (Å²) in [5.74, 6) is -1.47. The first-order chi connectivity index (χ1) is 10.4. The van der Waals surface area contributed by atoms with Crippen LogP contribution in [0.3, 0.4) is 0 Å². The first-order valence-corrected chi connectivity index (χ1v) is 8.06. The first-order valence-electron chi connectivity index (χ1n) is 7.25. The summed E-state index contributed by atoms with van der Waals surface area (Å²) in [4.78, 5) is 29.5. The summed E-state index contributed by atoms with van der Waals surface area (Å²) in [7, 11) is 0. The molecule has 0 fully saturated rings. The Balaban J connectivity index is 2.35. The molecule has 0 bridgehead atoms. The maximum Gasteiger partial charge on any atom is 0.326 e. The minimum Gasteiger partial charge on any atom is -0.480 e. The topological polar surface area (TPSA) is 79.3 Å². The maximum absolute atomic E-state index is 12.5. The average molecular weight is 320 g/mol. The molecule has 2 aromatic heterocycles. The number of nitrogens with one attached hydrogen (secondary N) is 1. The molecule has 0 aliphatic carbocycles. The standard InChI is InChI=1S/C16H20N2O3S/c1-5-8(2)12(16(20)21)18-14(19)13-10(4)11-9(3)6-7-17-15(11)22-13/h6-8,12H,5H2,1-4H3,(H,18,19)(H,20,21)/t8-,12-/m0/s1. The van der Waals surface area contributed by atoms with Crippen LogP contribution in [0, 0.1) is 19.8 Å². The van der Waals surface area contributed by atoms with Gasteiger partial charge >= 0.3 is 5.97 Å². The van der Waals surface area contributed by atoms with Crippen molar-refractivity contribution in [1.82, 2.24) is 10.3 Å². The highest BCUT2D eigenvalue weighted by atomic mass is 32.1. The van der Waals surface area contributed by atoms with Crippen LogP contribution in [0.15, 0.2) is 12.3 Å². The normalized spacial score (nSPS) is 13.8. The molecule has 0 aliphatic rings. The van der Waals surface area contributed by atoms with E-state index in [-0.39, 0.29) is 11.8 Å². The number of carboxylic acids is 1. The molecule has 22 heavy (non-hydrogen) atoms. The predicted molar refractivity (Wildman–Crippen MR) is 87.4 cm³/mol. The molecule has 0 unspecified atom stereocenters. The molecule has 1 amide bonds. The second-order valence-corrected chi connectivity index (χ2v) is 6.54. The highest BCUT2D eigenvalue weighted by Gasteiger charge is 2.27. The van der Waals surface area contributed by atoms with Crippen LogP contribution in [0.1, 0.15) is 41.1 Å². The summed E-state index contributed by atoms with van der Waals surface area (Å²) in [6.07, 6.45) is 2.40. The number of aromatic nitrogens is 1. The number of fused-ring (bicyclic) bond motifs is 1. The number of aryl methyl sites for hydroxylation is 2. The predicted octanol–water partition coefficient (Wildman–Crippen LogP) is 3.14. The van der Waals surface area contributed by atoms with Crippen molar-refractivity contribution in [1.29, 1.82) is 0 Å². The Hall–Kier alpha value is -1.95. The van der Waals surface area contributed by atoms with Gasteiger partial charge in [0, 0.05) is 11.6 Å². The Morgan fingerprint density at radius 2 is 2.09 bits per heavy atom. The van der Waals surface area contributed by atoms with E-state index in [9.17, 15) is 14.7 Å². The number of hydrogen-bond donors (Lipinski definition) is 2. The zero-order valence-corrected chi connectivity index (χ0v) is 14.0. The van der Waals surface area contributed by atoms with Gasteiger partial charge in [0.1, 0.15) is 10.9 Å². The van der Waals surface area contributed by atoms with E-state index in [0.29, 0.717) is 11.3 Å². The van der Waals surface area contributed by atoms with Crippen molar-refractivity contribution in [3.8, 4) is 0 Å². The fourth-order valence-electron chi connectivity index (χ4n) is 2.46. The Kier molecular flexibility index (Phi) is 4.81. The van der Waals surface area contributed by atoms with E-state index in [4.69, 9.17) is 0 Å². The molecule has 5 nitrogen and oxygen atoms in total. The third-order valence-corrected chi connectivity index (χ3v) is 5.21. The summed E-state index contributed by atoms with van der Waals surface area (Å²) in [6, 6.07) is 1.03. The van der Waals surface area contributed by atoms with Crippen LogP contribution in [0.2, 0.25) is 0 Å². The second kappa shape index (κ2) is 6.44. The van der Waals surface area contributed by atoms with Crippen molar-refractivity contribution >= 4 is 33.4 Å². The van der Waals surface area contributed by atoms with Crippen molar-refractivity contribution in [2.45, 2.75) is 40.2 Å². The number of rotatable bonds is 5. The molecular weight excluding hydrogens is 300 g/mol. The van der Waals surface area contributed by atoms with Crippen LogP contribution in [0.4, 0.5) is 0 Å². The van der Waals surface area contributed by atoms with E-state index in [2.05, 4.69) is 10.3 Å². The molecule has 0 saturated heterocycles. The van der Waals surface area contributed by atoms with Gasteiger partial charge in [0.05, 0.1) is 4.88 Å². The van der Waals surface area contributed by atoms with Crippen LogP contribution < -0.4 is 5.32 Å². The van der Waals surface area contributed by atoms with Gasteiger partial charge in [-0.15, -0.1) is 11.3 Å². The minimum atomic E-state index is -1.00. The summed E-state index contributed by atoms with van der Waals surface area (Å²) in [6.45, 7) is 7.58. The Labute approximate surface area is 133 Å². The van der Waals surface area contributed by atoms with Gasteiger partial charge in [-0.05, 0) is 37.0 Å². The molecule has 2 rings (SSSR count). The highest BCUT2D eigenvalue weighted by Crippen LogP contribution is 2.31. The number of aliphatic carboxylic acids is 1. The van der Waals surface area contributed by atoms with E-state index >= 15 is 0 Å². The molecule has 0 spiro atoms. The van der Waals surface area contributed by atoms with Gasteiger partial charge in [-0.25, -0.2) is 9.78 Å². The largest absolute Gasteiger partial charge is 0.480 e. The fraction of sp³-hybridized carbons (Fsp3) is 0.438. The van der Waals surface area contributed by atoms with E-state index in [1.54, 1.807) is 6.20 Å². The molecule has 0 saturated carbocycles. The average Bonchev–Trinajstić information content (AvgIpc) is 2.82. The molecule has 2 N–H and O–H groups in total. The van der Waals surface area contributed by atoms with Gasteiger partial charge in [-0.2, -0.15) is 0 Å². The monoisotopic (exact) mass is 320 g/mol. The lowest BCUT2D eigenvalue weighted by atomic mass is 9.99. The molecular formula is C16H20N2O3S. The van der Waals surface area contributed by atoms with Crippen LogP contribution in [0.5, 0.6) is 0 Å². The molecule has 2 heterocycles. The highest BCUT2D eigenvalue weighted by molar-refractivity contribution is 7.20. The van der Waals surface area contributed by atoms with E-state index in [1.807, 2.05) is 33.8 Å². The zero-order valence-electron chi connectivity index (χ0n) is 13.1. The summed E-state index contributed by atoms with van der Waals surface area (Å²) >= 11 is 1.30. The van der Waals surface area contributed by atoms with Crippen molar-refractivity contribution in [2.24, 2.45) is 5.92 Å². The number of carboxylic acid groups (broad SMARTS) is 1. The number of hydrogen-bond acceptors (Lipinski definition) is 4. The van der Waals surface area contributed by atoms with Crippen LogP contribution in [0.25, 0.3) is 10.2 Å². The number of thiophene rings is 1. The molecule has 6 heteroatoms. The Morgan fingerprint density at radius 1 is 1.41 bits per heavy atom. The lowest BCUT2D eigenvalue weighted by Crippen LogP contribution is -2.44. The molecule has 0 aliphatic heterocycles. The molecule has 2 atom stereocenters. The van der Waals surface area contributed by atoms with E-state index in [0.717, 1.165) is 21.3 Å².